The van der Waals surface area contributed by atoms with Crippen molar-refractivity contribution in [2.75, 3.05) is 19.0 Å². The van der Waals surface area contributed by atoms with Gasteiger partial charge in [0.15, 0.2) is 5.82 Å². The van der Waals surface area contributed by atoms with Gasteiger partial charge in [-0.3, -0.25) is 9.78 Å². The normalized spacial score (nSPS) is 10.8. The molecule has 0 fully saturated rings. The van der Waals surface area contributed by atoms with Crippen molar-refractivity contribution < 1.29 is 9.53 Å². The van der Waals surface area contributed by atoms with Gasteiger partial charge in [0.1, 0.15) is 11.6 Å². The highest BCUT2D eigenvalue weighted by atomic mass is 35.5. The van der Waals surface area contributed by atoms with Crippen molar-refractivity contribution in [3.8, 4) is 17.1 Å². The highest BCUT2D eigenvalue weighted by Gasteiger charge is 2.15. The van der Waals surface area contributed by atoms with Gasteiger partial charge in [0, 0.05) is 34.9 Å². The standard InChI is InChI=1S/C29H24ClN5O2/c1-37-22-12-13-26-24(17-22)28(35-27(33-26)20-5-4-15-31-18-20)34-25-7-3-2-6-23(25)29(36)32-16-14-19-8-10-21(30)11-9-19/h2-13,15,17-18H,14,16H2,1H3,(H,32,36)(H,33,34,35). The molecular formula is C29H24ClN5O2. The predicted octanol–water partition coefficient (Wildman–Crippen LogP) is 6.07. The van der Waals surface area contributed by atoms with Crippen LogP contribution in [0.3, 0.4) is 0 Å². The molecule has 3 aromatic carbocycles. The van der Waals surface area contributed by atoms with Gasteiger partial charge in [-0.15, -0.1) is 0 Å². The van der Waals surface area contributed by atoms with E-state index in [4.69, 9.17) is 26.3 Å². The number of carbonyl (C=O) groups is 1. The molecule has 0 aliphatic heterocycles. The summed E-state index contributed by atoms with van der Waals surface area (Å²) in [5.74, 6) is 1.59. The van der Waals surface area contributed by atoms with E-state index in [2.05, 4.69) is 15.6 Å². The molecule has 0 aliphatic carbocycles. The van der Waals surface area contributed by atoms with E-state index in [0.29, 0.717) is 46.6 Å². The van der Waals surface area contributed by atoms with Crippen LogP contribution in [0.15, 0.2) is 91.3 Å². The van der Waals surface area contributed by atoms with E-state index in [0.717, 1.165) is 22.0 Å². The Kier molecular flexibility index (Phi) is 7.23. The molecule has 0 saturated carbocycles. The SMILES string of the molecule is COc1ccc2nc(-c3cccnc3)nc(Nc3ccccc3C(=O)NCCc3ccc(Cl)cc3)c2c1. The van der Waals surface area contributed by atoms with Crippen LogP contribution in [-0.4, -0.2) is 34.5 Å². The lowest BCUT2D eigenvalue weighted by Gasteiger charge is -2.15. The van der Waals surface area contributed by atoms with Gasteiger partial charge in [0.25, 0.3) is 5.91 Å². The minimum atomic E-state index is -0.180. The number of rotatable bonds is 8. The van der Waals surface area contributed by atoms with Crippen LogP contribution < -0.4 is 15.4 Å². The zero-order chi connectivity index (χ0) is 25.6. The Bertz CT molecular complexity index is 1540. The first kappa shape index (κ1) is 24.2. The second-order valence-corrected chi connectivity index (χ2v) is 8.76. The molecule has 0 unspecified atom stereocenters. The van der Waals surface area contributed by atoms with Crippen LogP contribution in [0, 0.1) is 0 Å². The van der Waals surface area contributed by atoms with Crippen LogP contribution in [0.25, 0.3) is 22.3 Å². The number of hydrogen-bond donors (Lipinski definition) is 2. The Balaban J connectivity index is 1.44. The van der Waals surface area contributed by atoms with Gasteiger partial charge in [-0.25, -0.2) is 9.97 Å². The Morgan fingerprint density at radius 1 is 0.973 bits per heavy atom. The molecule has 0 saturated heterocycles. The molecule has 0 radical (unpaired) electrons. The van der Waals surface area contributed by atoms with E-state index in [-0.39, 0.29) is 5.91 Å². The van der Waals surface area contributed by atoms with E-state index in [9.17, 15) is 4.79 Å². The molecule has 1 amide bonds. The summed E-state index contributed by atoms with van der Waals surface area (Å²) in [6.45, 7) is 0.494. The lowest BCUT2D eigenvalue weighted by atomic mass is 10.1. The quantitative estimate of drug-likeness (QED) is 0.264. The van der Waals surface area contributed by atoms with Gasteiger partial charge in [-0.2, -0.15) is 0 Å². The third-order valence-corrected chi connectivity index (χ3v) is 6.11. The minimum absolute atomic E-state index is 0.180. The smallest absolute Gasteiger partial charge is 0.253 e. The molecule has 8 heteroatoms. The molecule has 0 bridgehead atoms. The number of aromatic nitrogens is 3. The first-order chi connectivity index (χ1) is 18.1. The van der Waals surface area contributed by atoms with E-state index in [1.807, 2.05) is 72.8 Å². The summed E-state index contributed by atoms with van der Waals surface area (Å²) >= 11 is 5.96. The fourth-order valence-corrected chi connectivity index (χ4v) is 4.06. The van der Waals surface area contributed by atoms with Crippen LogP contribution >= 0.6 is 11.6 Å². The highest BCUT2D eigenvalue weighted by molar-refractivity contribution is 6.30. The fraction of sp³-hybridized carbons (Fsp3) is 0.103. The number of nitrogens with zero attached hydrogens (tertiary/aromatic N) is 3. The lowest BCUT2D eigenvalue weighted by Crippen LogP contribution is -2.26. The third-order valence-electron chi connectivity index (χ3n) is 5.86. The summed E-state index contributed by atoms with van der Waals surface area (Å²) in [6.07, 6.45) is 4.12. The number of pyridine rings is 1. The van der Waals surface area contributed by atoms with Crippen molar-refractivity contribution in [1.82, 2.24) is 20.3 Å². The van der Waals surface area contributed by atoms with Crippen molar-refractivity contribution in [2.45, 2.75) is 6.42 Å². The summed E-state index contributed by atoms with van der Waals surface area (Å²) in [4.78, 5) is 26.8. The monoisotopic (exact) mass is 509 g/mol. The zero-order valence-electron chi connectivity index (χ0n) is 20.1. The maximum absolute atomic E-state index is 13.1. The molecule has 2 heterocycles. The Morgan fingerprint density at radius 2 is 1.81 bits per heavy atom. The maximum atomic E-state index is 13.1. The molecule has 0 aliphatic rings. The first-order valence-corrected chi connectivity index (χ1v) is 12.1. The van der Waals surface area contributed by atoms with Gasteiger partial charge in [0.2, 0.25) is 0 Å². The largest absolute Gasteiger partial charge is 0.497 e. The van der Waals surface area contributed by atoms with Crippen molar-refractivity contribution in [3.05, 3.63) is 107 Å². The molecular weight excluding hydrogens is 486 g/mol. The highest BCUT2D eigenvalue weighted by Crippen LogP contribution is 2.31. The summed E-state index contributed by atoms with van der Waals surface area (Å²) in [7, 11) is 1.61. The van der Waals surface area contributed by atoms with Gasteiger partial charge in [-0.1, -0.05) is 35.9 Å². The second-order valence-electron chi connectivity index (χ2n) is 8.32. The first-order valence-electron chi connectivity index (χ1n) is 11.8. The number of anilines is 2. The number of fused-ring (bicyclic) bond motifs is 1. The second kappa shape index (κ2) is 11.1. The number of halogens is 1. The average Bonchev–Trinajstić information content (AvgIpc) is 2.94. The number of benzene rings is 3. The van der Waals surface area contributed by atoms with Crippen LogP contribution in [0.2, 0.25) is 5.02 Å². The lowest BCUT2D eigenvalue weighted by molar-refractivity contribution is 0.0955. The van der Waals surface area contributed by atoms with E-state index >= 15 is 0 Å². The molecule has 2 N–H and O–H groups in total. The number of para-hydroxylation sites is 1. The van der Waals surface area contributed by atoms with Gasteiger partial charge < -0.3 is 15.4 Å². The van der Waals surface area contributed by atoms with Crippen molar-refractivity contribution >= 4 is 39.9 Å². The van der Waals surface area contributed by atoms with Gasteiger partial charge in [-0.05, 0) is 66.6 Å². The third kappa shape index (κ3) is 5.68. The van der Waals surface area contributed by atoms with E-state index in [1.54, 1.807) is 25.6 Å². The van der Waals surface area contributed by atoms with Crippen LogP contribution in [0.1, 0.15) is 15.9 Å². The van der Waals surface area contributed by atoms with Gasteiger partial charge >= 0.3 is 0 Å². The van der Waals surface area contributed by atoms with Crippen molar-refractivity contribution in [1.29, 1.82) is 0 Å². The molecule has 184 valence electrons. The maximum Gasteiger partial charge on any atom is 0.253 e. The van der Waals surface area contributed by atoms with Crippen LogP contribution in [0.4, 0.5) is 11.5 Å². The molecule has 2 aromatic heterocycles. The number of hydrogen-bond acceptors (Lipinski definition) is 6. The Labute approximate surface area is 219 Å². The van der Waals surface area contributed by atoms with E-state index < -0.39 is 0 Å². The number of ether oxygens (including phenoxy) is 1. The zero-order valence-corrected chi connectivity index (χ0v) is 20.9. The molecule has 5 rings (SSSR count). The van der Waals surface area contributed by atoms with Crippen molar-refractivity contribution in [2.24, 2.45) is 0 Å². The topological polar surface area (TPSA) is 89.0 Å². The molecule has 5 aromatic rings. The summed E-state index contributed by atoms with van der Waals surface area (Å²) in [6, 6.07) is 24.3. The molecule has 37 heavy (non-hydrogen) atoms. The fourth-order valence-electron chi connectivity index (χ4n) is 3.94. The summed E-state index contributed by atoms with van der Waals surface area (Å²) in [5.41, 5.74) is 3.77. The number of amides is 1. The van der Waals surface area contributed by atoms with Gasteiger partial charge in [0.05, 0.1) is 23.9 Å². The van der Waals surface area contributed by atoms with Crippen LogP contribution in [0.5, 0.6) is 5.75 Å². The summed E-state index contributed by atoms with van der Waals surface area (Å²) < 4.78 is 5.43. The molecule has 0 spiro atoms. The van der Waals surface area contributed by atoms with Crippen molar-refractivity contribution in [3.63, 3.8) is 0 Å². The Hall–Kier alpha value is -4.49. The predicted molar refractivity (Wildman–Crippen MR) is 147 cm³/mol. The minimum Gasteiger partial charge on any atom is -0.497 e. The van der Waals surface area contributed by atoms with E-state index in [1.165, 1.54) is 0 Å². The number of nitrogens with one attached hydrogen (secondary N) is 2. The van der Waals surface area contributed by atoms with Crippen LogP contribution in [-0.2, 0) is 6.42 Å². The number of carbonyl (C=O) groups excluding carboxylic acids is 1. The Morgan fingerprint density at radius 3 is 2.59 bits per heavy atom. The number of methoxy groups -OCH3 is 1. The summed E-state index contributed by atoms with van der Waals surface area (Å²) in [5, 5.41) is 7.84. The average molecular weight is 510 g/mol. The molecule has 7 nitrogen and oxygen atoms in total. The molecule has 0 atom stereocenters.